The molecule has 1 aliphatic rings. The standard InChI is InChI=1S/C36H31FN8O5S/c1-22-7-6-10-31(41-22)50-28-12-11-24(19-27(28)37)32-33-34(42-23(2)46)39-21-40-35(33)45-17-16-44(36(32)45)25-13-15-38-29(20-25)43-30(47)14-18-51(48,49)26-8-4-3-5-9-26/h3-13,15,19-21H,14,16-18H2,1-2H3,(H,38,43,47)(H,39,40,42,46). The Balaban J connectivity index is 1.23. The van der Waals surface area contributed by atoms with E-state index in [1.807, 2.05) is 22.5 Å². The summed E-state index contributed by atoms with van der Waals surface area (Å²) in [7, 11) is -3.65. The van der Waals surface area contributed by atoms with Gasteiger partial charge in [0.1, 0.15) is 29.4 Å². The van der Waals surface area contributed by atoms with E-state index >= 15 is 4.39 Å². The van der Waals surface area contributed by atoms with Gasteiger partial charge >= 0.3 is 0 Å². The van der Waals surface area contributed by atoms with Gasteiger partial charge in [-0.3, -0.25) is 9.59 Å². The fourth-order valence-electron chi connectivity index (χ4n) is 6.00. The second kappa shape index (κ2) is 13.6. The Labute approximate surface area is 292 Å². The zero-order valence-electron chi connectivity index (χ0n) is 27.5. The van der Waals surface area contributed by atoms with Crippen molar-refractivity contribution in [2.24, 2.45) is 0 Å². The quantitative estimate of drug-likeness (QED) is 0.172. The molecule has 13 nitrogen and oxygen atoms in total. The van der Waals surface area contributed by atoms with Gasteiger partial charge in [-0.1, -0.05) is 30.3 Å². The number of carbonyl (C=O) groups excluding carboxylic acids is 2. The number of anilines is 4. The van der Waals surface area contributed by atoms with Crippen LogP contribution >= 0.6 is 0 Å². The molecule has 0 unspecified atom stereocenters. The fourth-order valence-corrected chi connectivity index (χ4v) is 7.26. The first kappa shape index (κ1) is 33.3. The summed E-state index contributed by atoms with van der Waals surface area (Å²) in [6.45, 7) is 4.17. The number of fused-ring (bicyclic) bond motifs is 3. The molecule has 2 N–H and O–H groups in total. The lowest BCUT2D eigenvalue weighted by Crippen LogP contribution is -2.19. The highest BCUT2D eigenvalue weighted by molar-refractivity contribution is 7.91. The minimum atomic E-state index is -3.65. The van der Waals surface area contributed by atoms with Gasteiger partial charge in [-0.25, -0.2) is 32.7 Å². The number of hydrogen-bond acceptors (Lipinski definition) is 10. The molecule has 15 heteroatoms. The van der Waals surface area contributed by atoms with Crippen molar-refractivity contribution in [1.82, 2.24) is 24.5 Å². The number of nitrogens with one attached hydrogen (secondary N) is 2. The first-order valence-electron chi connectivity index (χ1n) is 15.9. The summed E-state index contributed by atoms with van der Waals surface area (Å²) in [4.78, 5) is 44.7. The van der Waals surface area contributed by atoms with Gasteiger partial charge in [-0.05, 0) is 48.9 Å². The van der Waals surface area contributed by atoms with E-state index in [0.29, 0.717) is 46.8 Å². The normalized spacial score (nSPS) is 12.5. The van der Waals surface area contributed by atoms with Gasteiger partial charge in [0.2, 0.25) is 17.7 Å². The number of aryl methyl sites for hydroxylation is 1. The van der Waals surface area contributed by atoms with Crippen LogP contribution in [-0.4, -0.2) is 57.0 Å². The highest BCUT2D eigenvalue weighted by atomic mass is 32.2. The van der Waals surface area contributed by atoms with Crippen LogP contribution in [0.15, 0.2) is 96.3 Å². The molecule has 0 radical (unpaired) electrons. The van der Waals surface area contributed by atoms with E-state index in [-0.39, 0.29) is 46.2 Å². The Hall–Kier alpha value is -6.22. The van der Waals surface area contributed by atoms with Crippen LogP contribution in [0.25, 0.3) is 22.2 Å². The lowest BCUT2D eigenvalue weighted by Gasteiger charge is -2.21. The summed E-state index contributed by atoms with van der Waals surface area (Å²) in [5, 5.41) is 6.00. The lowest BCUT2D eigenvalue weighted by atomic mass is 10.0. The topological polar surface area (TPSA) is 161 Å². The van der Waals surface area contributed by atoms with Crippen molar-refractivity contribution in [3.8, 4) is 22.8 Å². The molecule has 258 valence electrons. The number of benzene rings is 2. The third kappa shape index (κ3) is 6.83. The van der Waals surface area contributed by atoms with E-state index in [0.717, 1.165) is 5.69 Å². The average molecular weight is 707 g/mol. The summed E-state index contributed by atoms with van der Waals surface area (Å²) in [5.74, 6) is -0.458. The van der Waals surface area contributed by atoms with Crippen LogP contribution in [-0.2, 0) is 26.0 Å². The maximum absolute atomic E-state index is 15.8. The third-order valence-electron chi connectivity index (χ3n) is 8.23. The SMILES string of the molecule is CC(=O)Nc1ncnc2c1c(-c1ccc(Oc3cccc(C)n3)c(F)c1)c1n2CCN1c1ccnc(NC(=O)CCS(=O)(=O)c2ccccc2)c1. The molecular weight excluding hydrogens is 676 g/mol. The number of aromatic nitrogens is 5. The summed E-state index contributed by atoms with van der Waals surface area (Å²) >= 11 is 0. The second-order valence-corrected chi connectivity index (χ2v) is 13.9. The molecule has 2 amide bonds. The Kier molecular flexibility index (Phi) is 8.87. The summed E-state index contributed by atoms with van der Waals surface area (Å²) in [6.07, 6.45) is 2.63. The lowest BCUT2D eigenvalue weighted by molar-refractivity contribution is -0.116. The Morgan fingerprint density at radius 2 is 1.76 bits per heavy atom. The van der Waals surface area contributed by atoms with Gasteiger partial charge in [-0.2, -0.15) is 0 Å². The van der Waals surface area contributed by atoms with Crippen molar-refractivity contribution in [2.45, 2.75) is 31.7 Å². The minimum absolute atomic E-state index is 0.0155. The first-order chi connectivity index (χ1) is 24.6. The first-order valence-corrected chi connectivity index (χ1v) is 17.6. The molecule has 0 atom stereocenters. The van der Waals surface area contributed by atoms with E-state index < -0.39 is 21.6 Å². The van der Waals surface area contributed by atoms with Crippen LogP contribution in [0.4, 0.5) is 27.5 Å². The number of carbonyl (C=O) groups is 2. The summed E-state index contributed by atoms with van der Waals surface area (Å²) < 4.78 is 48.9. The molecule has 5 heterocycles. The van der Waals surface area contributed by atoms with Gasteiger partial charge in [-0.15, -0.1) is 0 Å². The second-order valence-electron chi connectivity index (χ2n) is 11.8. The Morgan fingerprint density at radius 3 is 2.53 bits per heavy atom. The van der Waals surface area contributed by atoms with Crippen molar-refractivity contribution < 1.29 is 27.1 Å². The predicted octanol–water partition coefficient (Wildman–Crippen LogP) is 6.04. The maximum Gasteiger partial charge on any atom is 0.226 e. The molecule has 0 bridgehead atoms. The Bertz CT molecular complexity index is 2420. The molecule has 0 spiro atoms. The zero-order chi connectivity index (χ0) is 35.7. The van der Waals surface area contributed by atoms with Crippen LogP contribution < -0.4 is 20.3 Å². The number of nitrogens with zero attached hydrogens (tertiary/aromatic N) is 6. The number of pyridine rings is 2. The summed E-state index contributed by atoms with van der Waals surface area (Å²) in [5.41, 5.74) is 2.96. The molecular formula is C36H31FN8O5S. The minimum Gasteiger partial charge on any atom is -0.436 e. The van der Waals surface area contributed by atoms with Crippen molar-refractivity contribution in [3.63, 3.8) is 0 Å². The number of sulfone groups is 1. The third-order valence-corrected chi connectivity index (χ3v) is 9.96. The molecule has 7 rings (SSSR count). The van der Waals surface area contributed by atoms with Crippen LogP contribution in [0.2, 0.25) is 0 Å². The molecule has 0 saturated heterocycles. The largest absolute Gasteiger partial charge is 0.436 e. The van der Waals surface area contributed by atoms with E-state index in [4.69, 9.17) is 4.74 Å². The predicted molar refractivity (Wildman–Crippen MR) is 189 cm³/mol. The smallest absolute Gasteiger partial charge is 0.226 e. The zero-order valence-corrected chi connectivity index (χ0v) is 28.3. The van der Waals surface area contributed by atoms with Gasteiger partial charge < -0.3 is 24.8 Å². The van der Waals surface area contributed by atoms with Crippen molar-refractivity contribution in [3.05, 3.63) is 103 Å². The number of ether oxygens (including phenoxy) is 1. The molecule has 1 aliphatic heterocycles. The molecule has 51 heavy (non-hydrogen) atoms. The number of amides is 2. The molecule has 4 aromatic heterocycles. The maximum atomic E-state index is 15.8. The van der Waals surface area contributed by atoms with Crippen molar-refractivity contribution >= 4 is 55.8 Å². The molecule has 2 aromatic carbocycles. The summed E-state index contributed by atoms with van der Waals surface area (Å²) in [6, 6.07) is 21.2. The van der Waals surface area contributed by atoms with Crippen molar-refractivity contribution in [2.75, 3.05) is 27.8 Å². The Morgan fingerprint density at radius 1 is 0.941 bits per heavy atom. The molecule has 0 saturated carbocycles. The van der Waals surface area contributed by atoms with Gasteiger partial charge in [0, 0.05) is 61.7 Å². The average Bonchev–Trinajstić information content (AvgIpc) is 3.68. The monoisotopic (exact) mass is 706 g/mol. The van der Waals surface area contributed by atoms with E-state index in [2.05, 4.69) is 30.6 Å². The molecule has 6 aromatic rings. The van der Waals surface area contributed by atoms with Gasteiger partial charge in [0.25, 0.3) is 0 Å². The highest BCUT2D eigenvalue weighted by Crippen LogP contribution is 2.47. The van der Waals surface area contributed by atoms with Gasteiger partial charge in [0.05, 0.1) is 16.0 Å². The van der Waals surface area contributed by atoms with E-state index in [9.17, 15) is 18.0 Å². The van der Waals surface area contributed by atoms with Crippen LogP contribution in [0.1, 0.15) is 19.0 Å². The molecule has 0 aliphatic carbocycles. The van der Waals surface area contributed by atoms with Crippen LogP contribution in [0.3, 0.4) is 0 Å². The molecule has 0 fully saturated rings. The van der Waals surface area contributed by atoms with Crippen LogP contribution in [0.5, 0.6) is 11.6 Å². The number of rotatable bonds is 10. The number of hydrogen-bond donors (Lipinski definition) is 2. The number of halogens is 1. The van der Waals surface area contributed by atoms with Crippen LogP contribution in [0, 0.1) is 12.7 Å². The fraction of sp³-hybridized carbons (Fsp3) is 0.167. The van der Waals surface area contributed by atoms with Gasteiger partial charge in [0.15, 0.2) is 21.4 Å². The van der Waals surface area contributed by atoms with Crippen molar-refractivity contribution in [1.29, 1.82) is 0 Å². The highest BCUT2D eigenvalue weighted by Gasteiger charge is 2.32. The van der Waals surface area contributed by atoms with E-state index in [1.165, 1.54) is 43.7 Å². The van der Waals surface area contributed by atoms with E-state index in [1.54, 1.807) is 48.5 Å².